The molecule has 5 nitrogen and oxygen atoms in total. The molecule has 3 rings (SSSR count). The highest BCUT2D eigenvalue weighted by Gasteiger charge is 2.22. The predicted molar refractivity (Wildman–Crippen MR) is 97.3 cm³/mol. The number of nitrogens with zero attached hydrogens (tertiary/aromatic N) is 1. The molecule has 1 amide bonds. The van der Waals surface area contributed by atoms with Gasteiger partial charge >= 0.3 is 0 Å². The topological polar surface area (TPSA) is 64.4 Å². The molecule has 0 atom stereocenters. The van der Waals surface area contributed by atoms with Gasteiger partial charge in [-0.25, -0.2) is 0 Å². The minimum Gasteiger partial charge on any atom is -0.494 e. The first-order valence-corrected chi connectivity index (χ1v) is 8.22. The van der Waals surface area contributed by atoms with E-state index in [2.05, 4.69) is 10.5 Å². The maximum Gasteiger partial charge on any atom is 0.261 e. The quantitative estimate of drug-likeness (QED) is 0.702. The number of nitrogens with one attached hydrogen (secondary N) is 1. The molecular formula is C19H17ClN2O3. The molecule has 0 aliphatic rings. The van der Waals surface area contributed by atoms with Gasteiger partial charge in [0.2, 0.25) is 0 Å². The summed E-state index contributed by atoms with van der Waals surface area (Å²) in [6, 6.07) is 14.3. The number of aromatic nitrogens is 1. The first kappa shape index (κ1) is 17.0. The standard InChI is InChI=1S/C19H17ClN2O3/c1-3-24-16-9-7-15(8-10-16)21-19(23)17-12(2)25-22-18(17)13-5-4-6-14(20)11-13/h4-11H,3H2,1-2H3,(H,21,23). The molecular weight excluding hydrogens is 340 g/mol. The molecule has 2 aromatic carbocycles. The average Bonchev–Trinajstić information content (AvgIpc) is 2.98. The van der Waals surface area contributed by atoms with Crippen LogP contribution in [0.4, 0.5) is 5.69 Å². The molecule has 0 saturated heterocycles. The van der Waals surface area contributed by atoms with Gasteiger partial charge in [-0.05, 0) is 50.2 Å². The molecule has 0 radical (unpaired) electrons. The minimum absolute atomic E-state index is 0.294. The Labute approximate surface area is 150 Å². The van der Waals surface area contributed by atoms with Crippen LogP contribution in [0.5, 0.6) is 5.75 Å². The van der Waals surface area contributed by atoms with Crippen molar-refractivity contribution in [2.45, 2.75) is 13.8 Å². The van der Waals surface area contributed by atoms with Gasteiger partial charge in [0.15, 0.2) is 0 Å². The third kappa shape index (κ3) is 3.83. The Morgan fingerprint density at radius 3 is 2.68 bits per heavy atom. The Hall–Kier alpha value is -2.79. The fourth-order valence-corrected chi connectivity index (χ4v) is 2.66. The highest BCUT2D eigenvalue weighted by molar-refractivity contribution is 6.30. The van der Waals surface area contributed by atoms with Crippen LogP contribution in [0.25, 0.3) is 11.3 Å². The zero-order valence-electron chi connectivity index (χ0n) is 13.9. The lowest BCUT2D eigenvalue weighted by Gasteiger charge is -2.07. The zero-order valence-corrected chi connectivity index (χ0v) is 14.6. The van der Waals surface area contributed by atoms with Crippen LogP contribution in [0.1, 0.15) is 23.0 Å². The lowest BCUT2D eigenvalue weighted by molar-refractivity contribution is 0.102. The Bertz CT molecular complexity index is 888. The van der Waals surface area contributed by atoms with Crippen molar-refractivity contribution in [1.29, 1.82) is 0 Å². The van der Waals surface area contributed by atoms with Crippen LogP contribution in [-0.4, -0.2) is 17.7 Å². The number of aryl methyl sites for hydroxylation is 1. The van der Waals surface area contributed by atoms with Crippen molar-refractivity contribution in [2.24, 2.45) is 0 Å². The van der Waals surface area contributed by atoms with E-state index in [4.69, 9.17) is 20.9 Å². The average molecular weight is 357 g/mol. The molecule has 0 saturated carbocycles. The summed E-state index contributed by atoms with van der Waals surface area (Å²) in [5.74, 6) is 0.901. The number of hydrogen-bond acceptors (Lipinski definition) is 4. The first-order chi connectivity index (χ1) is 12.1. The summed E-state index contributed by atoms with van der Waals surface area (Å²) in [6.07, 6.45) is 0. The number of halogens is 1. The fraction of sp³-hybridized carbons (Fsp3) is 0.158. The Morgan fingerprint density at radius 1 is 1.24 bits per heavy atom. The van der Waals surface area contributed by atoms with Crippen LogP contribution in [0, 0.1) is 6.92 Å². The summed E-state index contributed by atoms with van der Waals surface area (Å²) < 4.78 is 10.6. The van der Waals surface area contributed by atoms with E-state index in [9.17, 15) is 4.79 Å². The van der Waals surface area contributed by atoms with Crippen molar-refractivity contribution >= 4 is 23.2 Å². The second-order valence-electron chi connectivity index (χ2n) is 5.38. The lowest BCUT2D eigenvalue weighted by Crippen LogP contribution is -2.13. The van der Waals surface area contributed by atoms with Gasteiger partial charge in [-0.1, -0.05) is 28.9 Å². The van der Waals surface area contributed by atoms with Gasteiger partial charge in [-0.15, -0.1) is 0 Å². The van der Waals surface area contributed by atoms with Gasteiger partial charge in [0.05, 0.1) is 6.61 Å². The molecule has 0 spiro atoms. The maximum absolute atomic E-state index is 12.7. The van der Waals surface area contributed by atoms with Crippen molar-refractivity contribution in [1.82, 2.24) is 5.16 Å². The van der Waals surface area contributed by atoms with E-state index in [0.717, 1.165) is 11.3 Å². The van der Waals surface area contributed by atoms with E-state index in [-0.39, 0.29) is 5.91 Å². The van der Waals surface area contributed by atoms with Crippen molar-refractivity contribution in [2.75, 3.05) is 11.9 Å². The van der Waals surface area contributed by atoms with Gasteiger partial charge in [0.25, 0.3) is 5.91 Å². The van der Waals surface area contributed by atoms with Gasteiger partial charge in [-0.3, -0.25) is 4.79 Å². The summed E-state index contributed by atoms with van der Waals surface area (Å²) in [5, 5.41) is 7.43. The van der Waals surface area contributed by atoms with Gasteiger partial charge in [0.1, 0.15) is 22.8 Å². The number of carbonyl (C=O) groups is 1. The largest absolute Gasteiger partial charge is 0.494 e. The monoisotopic (exact) mass is 356 g/mol. The summed E-state index contributed by atoms with van der Waals surface area (Å²) in [5.41, 5.74) is 2.23. The van der Waals surface area contributed by atoms with Crippen molar-refractivity contribution < 1.29 is 14.1 Å². The van der Waals surface area contributed by atoms with E-state index in [0.29, 0.717) is 34.3 Å². The second-order valence-corrected chi connectivity index (χ2v) is 5.82. The number of amides is 1. The molecule has 0 unspecified atom stereocenters. The van der Waals surface area contributed by atoms with E-state index >= 15 is 0 Å². The first-order valence-electron chi connectivity index (χ1n) is 7.85. The smallest absolute Gasteiger partial charge is 0.261 e. The number of carbonyl (C=O) groups excluding carboxylic acids is 1. The van der Waals surface area contributed by atoms with Gasteiger partial charge < -0.3 is 14.6 Å². The van der Waals surface area contributed by atoms with Crippen LogP contribution < -0.4 is 10.1 Å². The highest BCUT2D eigenvalue weighted by Crippen LogP contribution is 2.28. The second kappa shape index (κ2) is 7.40. The fourth-order valence-electron chi connectivity index (χ4n) is 2.47. The lowest BCUT2D eigenvalue weighted by atomic mass is 10.1. The van der Waals surface area contributed by atoms with E-state index in [1.54, 1.807) is 49.4 Å². The van der Waals surface area contributed by atoms with Crippen LogP contribution in [-0.2, 0) is 0 Å². The van der Waals surface area contributed by atoms with Crippen LogP contribution >= 0.6 is 11.6 Å². The third-order valence-corrected chi connectivity index (χ3v) is 3.85. The molecule has 1 aromatic heterocycles. The van der Waals surface area contributed by atoms with E-state index < -0.39 is 0 Å². The summed E-state index contributed by atoms with van der Waals surface area (Å²) in [7, 11) is 0. The van der Waals surface area contributed by atoms with Crippen molar-refractivity contribution in [3.05, 3.63) is 64.9 Å². The normalized spacial score (nSPS) is 10.5. The van der Waals surface area contributed by atoms with E-state index in [1.807, 2.05) is 13.0 Å². The maximum atomic E-state index is 12.7. The summed E-state index contributed by atoms with van der Waals surface area (Å²) >= 11 is 6.03. The molecule has 0 fully saturated rings. The molecule has 3 aromatic rings. The number of ether oxygens (including phenoxy) is 1. The van der Waals surface area contributed by atoms with Gasteiger partial charge in [-0.2, -0.15) is 0 Å². The number of anilines is 1. The minimum atomic E-state index is -0.294. The van der Waals surface area contributed by atoms with Gasteiger partial charge in [0, 0.05) is 16.3 Å². The summed E-state index contributed by atoms with van der Waals surface area (Å²) in [6.45, 7) is 4.21. The number of benzene rings is 2. The van der Waals surface area contributed by atoms with Crippen LogP contribution in [0.2, 0.25) is 5.02 Å². The van der Waals surface area contributed by atoms with Crippen molar-refractivity contribution in [3.63, 3.8) is 0 Å². The number of rotatable bonds is 5. The Balaban J connectivity index is 1.86. The molecule has 1 N–H and O–H groups in total. The van der Waals surface area contributed by atoms with Crippen molar-refractivity contribution in [3.8, 4) is 17.0 Å². The number of hydrogen-bond donors (Lipinski definition) is 1. The van der Waals surface area contributed by atoms with Crippen LogP contribution in [0.15, 0.2) is 53.1 Å². The molecule has 1 heterocycles. The Kier molecular flexibility index (Phi) is 5.05. The third-order valence-electron chi connectivity index (χ3n) is 3.61. The molecule has 6 heteroatoms. The summed E-state index contributed by atoms with van der Waals surface area (Å²) in [4.78, 5) is 12.7. The van der Waals surface area contributed by atoms with E-state index in [1.165, 1.54) is 0 Å². The molecule has 25 heavy (non-hydrogen) atoms. The molecule has 0 aliphatic carbocycles. The molecule has 0 bridgehead atoms. The highest BCUT2D eigenvalue weighted by atomic mass is 35.5. The molecule has 0 aliphatic heterocycles. The molecule has 128 valence electrons. The SMILES string of the molecule is CCOc1ccc(NC(=O)c2c(-c3cccc(Cl)c3)noc2C)cc1. The Morgan fingerprint density at radius 2 is 2.00 bits per heavy atom. The zero-order chi connectivity index (χ0) is 17.8. The predicted octanol–water partition coefficient (Wildman–Crippen LogP) is 4.95. The van der Waals surface area contributed by atoms with Crippen LogP contribution in [0.3, 0.4) is 0 Å².